The Hall–Kier alpha value is -3.12. The molecule has 0 unspecified atom stereocenters. The molecule has 0 saturated carbocycles. The predicted molar refractivity (Wildman–Crippen MR) is 126 cm³/mol. The molecule has 0 aliphatic heterocycles. The molecule has 0 spiro atoms. The summed E-state index contributed by atoms with van der Waals surface area (Å²) in [6, 6.07) is 20.2. The van der Waals surface area contributed by atoms with Crippen molar-refractivity contribution < 1.29 is 9.53 Å². The van der Waals surface area contributed by atoms with Crippen LogP contribution in [0.25, 0.3) is 11.0 Å². The van der Waals surface area contributed by atoms with Gasteiger partial charge < -0.3 is 14.6 Å². The van der Waals surface area contributed by atoms with E-state index in [0.717, 1.165) is 53.3 Å². The third-order valence-corrected chi connectivity index (χ3v) is 6.13. The maximum atomic E-state index is 12.1. The molecule has 0 aliphatic rings. The van der Waals surface area contributed by atoms with Crippen LogP contribution in [0.1, 0.15) is 34.4 Å². The average Bonchev–Trinajstić information content (AvgIpc) is 3.46. The van der Waals surface area contributed by atoms with Gasteiger partial charge in [-0.2, -0.15) is 0 Å². The number of nitrogens with one attached hydrogen (secondary N) is 1. The summed E-state index contributed by atoms with van der Waals surface area (Å²) in [5, 5.41) is 4.91. The Morgan fingerprint density at radius 1 is 1.10 bits per heavy atom. The third kappa shape index (κ3) is 5.33. The summed E-state index contributed by atoms with van der Waals surface area (Å²) in [5.74, 6) is 1.90. The van der Waals surface area contributed by atoms with Gasteiger partial charge in [0, 0.05) is 13.0 Å². The highest BCUT2D eigenvalue weighted by molar-refractivity contribution is 7.12. The van der Waals surface area contributed by atoms with Crippen molar-refractivity contribution in [2.45, 2.75) is 32.7 Å². The van der Waals surface area contributed by atoms with E-state index in [1.54, 1.807) is 0 Å². The van der Waals surface area contributed by atoms with Crippen LogP contribution >= 0.6 is 11.3 Å². The summed E-state index contributed by atoms with van der Waals surface area (Å²) in [6.07, 6.45) is 2.66. The van der Waals surface area contributed by atoms with Gasteiger partial charge in [0.2, 0.25) is 0 Å². The summed E-state index contributed by atoms with van der Waals surface area (Å²) >= 11 is 1.46. The van der Waals surface area contributed by atoms with Crippen molar-refractivity contribution in [3.63, 3.8) is 0 Å². The second kappa shape index (κ2) is 10.3. The van der Waals surface area contributed by atoms with Crippen LogP contribution in [0.15, 0.2) is 66.0 Å². The number of hydrogen-bond acceptors (Lipinski definition) is 4. The molecule has 0 fully saturated rings. The van der Waals surface area contributed by atoms with E-state index in [1.807, 2.05) is 47.8 Å². The molecular weight excluding hydrogens is 406 g/mol. The quantitative estimate of drug-likeness (QED) is 0.354. The number of hydrogen-bond donors (Lipinski definition) is 1. The van der Waals surface area contributed by atoms with Crippen LogP contribution in [0.4, 0.5) is 0 Å². The minimum absolute atomic E-state index is 0.00834. The molecule has 1 N–H and O–H groups in total. The number of aryl methyl sites for hydroxylation is 2. The van der Waals surface area contributed by atoms with Crippen LogP contribution in [0.5, 0.6) is 5.75 Å². The van der Waals surface area contributed by atoms with Crippen molar-refractivity contribution in [3.05, 3.63) is 82.3 Å². The van der Waals surface area contributed by atoms with Gasteiger partial charge in [-0.1, -0.05) is 37.3 Å². The minimum atomic E-state index is -0.00834. The maximum Gasteiger partial charge on any atom is 0.261 e. The van der Waals surface area contributed by atoms with Crippen molar-refractivity contribution in [1.82, 2.24) is 14.9 Å². The zero-order valence-corrected chi connectivity index (χ0v) is 18.5. The van der Waals surface area contributed by atoms with E-state index in [9.17, 15) is 4.79 Å². The number of benzene rings is 2. The molecule has 2 heterocycles. The molecule has 0 radical (unpaired) electrons. The fourth-order valence-electron chi connectivity index (χ4n) is 3.59. The Morgan fingerprint density at radius 2 is 1.94 bits per heavy atom. The first-order valence-electron chi connectivity index (χ1n) is 10.7. The molecule has 0 saturated heterocycles. The smallest absolute Gasteiger partial charge is 0.261 e. The van der Waals surface area contributed by atoms with Crippen molar-refractivity contribution in [3.8, 4) is 5.75 Å². The molecule has 0 atom stereocenters. The minimum Gasteiger partial charge on any atom is -0.492 e. The number of amides is 1. The Bertz CT molecular complexity index is 1120. The van der Waals surface area contributed by atoms with E-state index in [2.05, 4.69) is 35.0 Å². The van der Waals surface area contributed by atoms with Crippen molar-refractivity contribution in [1.29, 1.82) is 0 Å². The lowest BCUT2D eigenvalue weighted by Gasteiger charge is -2.11. The number of rotatable bonds is 10. The molecule has 160 valence electrons. The SMILES string of the molecule is CCc1ccc(OCCn2c(CCCNC(=O)c3cccs3)nc3ccccc32)cc1. The van der Waals surface area contributed by atoms with E-state index in [1.165, 1.54) is 16.9 Å². The van der Waals surface area contributed by atoms with E-state index < -0.39 is 0 Å². The van der Waals surface area contributed by atoms with Crippen LogP contribution in [0.2, 0.25) is 0 Å². The van der Waals surface area contributed by atoms with Gasteiger partial charge in [-0.05, 0) is 54.1 Å². The Morgan fingerprint density at radius 3 is 2.71 bits per heavy atom. The van der Waals surface area contributed by atoms with Gasteiger partial charge in [-0.3, -0.25) is 4.79 Å². The molecule has 4 aromatic rings. The molecule has 31 heavy (non-hydrogen) atoms. The highest BCUT2D eigenvalue weighted by atomic mass is 32.1. The van der Waals surface area contributed by atoms with E-state index in [-0.39, 0.29) is 5.91 Å². The topological polar surface area (TPSA) is 56.1 Å². The lowest BCUT2D eigenvalue weighted by atomic mass is 10.2. The number of carbonyl (C=O) groups excluding carboxylic acids is 1. The summed E-state index contributed by atoms with van der Waals surface area (Å²) < 4.78 is 8.21. The first-order valence-corrected chi connectivity index (χ1v) is 11.6. The summed E-state index contributed by atoms with van der Waals surface area (Å²) in [4.78, 5) is 17.7. The van der Waals surface area contributed by atoms with Gasteiger partial charge in [0.05, 0.1) is 22.5 Å². The van der Waals surface area contributed by atoms with Crippen LogP contribution < -0.4 is 10.1 Å². The van der Waals surface area contributed by atoms with Gasteiger partial charge in [-0.15, -0.1) is 11.3 Å². The highest BCUT2D eigenvalue weighted by Crippen LogP contribution is 2.18. The zero-order chi connectivity index (χ0) is 21.5. The Labute approximate surface area is 186 Å². The van der Waals surface area contributed by atoms with Gasteiger partial charge in [0.15, 0.2) is 0 Å². The van der Waals surface area contributed by atoms with Crippen molar-refractivity contribution in [2.75, 3.05) is 13.2 Å². The largest absolute Gasteiger partial charge is 0.492 e. The Kier molecular flexibility index (Phi) is 6.99. The van der Waals surface area contributed by atoms with Gasteiger partial charge >= 0.3 is 0 Å². The third-order valence-electron chi connectivity index (χ3n) is 5.26. The van der Waals surface area contributed by atoms with Crippen LogP contribution in [0, 0.1) is 0 Å². The number of nitrogens with zero attached hydrogens (tertiary/aromatic N) is 2. The van der Waals surface area contributed by atoms with E-state index in [0.29, 0.717) is 13.2 Å². The summed E-state index contributed by atoms with van der Waals surface area (Å²) in [6.45, 7) is 4.08. The number of ether oxygens (including phenoxy) is 1. The number of imidazole rings is 1. The molecule has 6 heteroatoms. The average molecular weight is 434 g/mol. The lowest BCUT2D eigenvalue weighted by molar-refractivity contribution is 0.0957. The second-order valence-corrected chi connectivity index (χ2v) is 8.30. The zero-order valence-electron chi connectivity index (χ0n) is 17.7. The van der Waals surface area contributed by atoms with E-state index >= 15 is 0 Å². The number of aromatic nitrogens is 2. The molecule has 2 aromatic carbocycles. The number of carbonyl (C=O) groups is 1. The van der Waals surface area contributed by atoms with Crippen LogP contribution in [-0.4, -0.2) is 28.6 Å². The first kappa shape index (κ1) is 21.1. The molecule has 0 bridgehead atoms. The van der Waals surface area contributed by atoms with Crippen LogP contribution in [-0.2, 0) is 19.4 Å². The van der Waals surface area contributed by atoms with Crippen LogP contribution in [0.3, 0.4) is 0 Å². The van der Waals surface area contributed by atoms with Gasteiger partial charge in [0.25, 0.3) is 5.91 Å². The molecule has 1 amide bonds. The van der Waals surface area contributed by atoms with Crippen molar-refractivity contribution in [2.24, 2.45) is 0 Å². The fourth-order valence-corrected chi connectivity index (χ4v) is 4.23. The fraction of sp³-hybridized carbons (Fsp3) is 0.280. The summed E-state index contributed by atoms with van der Waals surface area (Å²) in [7, 11) is 0. The van der Waals surface area contributed by atoms with Crippen molar-refractivity contribution >= 4 is 28.3 Å². The van der Waals surface area contributed by atoms with Gasteiger partial charge in [0.1, 0.15) is 18.2 Å². The molecular formula is C25H27N3O2S. The highest BCUT2D eigenvalue weighted by Gasteiger charge is 2.11. The molecule has 5 nitrogen and oxygen atoms in total. The molecule has 2 aromatic heterocycles. The predicted octanol–water partition coefficient (Wildman–Crippen LogP) is 5.10. The summed E-state index contributed by atoms with van der Waals surface area (Å²) in [5.41, 5.74) is 3.42. The normalized spacial score (nSPS) is 11.0. The number of fused-ring (bicyclic) bond motifs is 1. The number of para-hydroxylation sites is 2. The van der Waals surface area contributed by atoms with Gasteiger partial charge in [-0.25, -0.2) is 4.98 Å². The van der Waals surface area contributed by atoms with E-state index in [4.69, 9.17) is 9.72 Å². The maximum absolute atomic E-state index is 12.1. The molecule has 4 rings (SSSR count). The lowest BCUT2D eigenvalue weighted by Crippen LogP contribution is -2.24. The Balaban J connectivity index is 1.36. The molecule has 0 aliphatic carbocycles. The first-order chi connectivity index (χ1) is 15.2. The standard InChI is InChI=1S/C25H27N3O2S/c1-2-19-11-13-20(14-12-19)30-17-16-28-22-8-4-3-7-21(22)27-24(28)10-5-15-26-25(29)23-9-6-18-31-23/h3-4,6-9,11-14,18H,2,5,10,15-17H2,1H3,(H,26,29). The number of thiophene rings is 1. The monoisotopic (exact) mass is 433 g/mol. The second-order valence-electron chi connectivity index (χ2n) is 7.35.